The molecular weight excluding hydrogens is 1710 g/mol. The minimum absolute atomic E-state index is 0.109. The van der Waals surface area contributed by atoms with Crippen LogP contribution in [0.25, 0.3) is 0 Å². The van der Waals surface area contributed by atoms with Crippen molar-refractivity contribution in [1.82, 2.24) is 42.5 Å². The van der Waals surface area contributed by atoms with Crippen LogP contribution < -0.4 is 80.4 Å². The first-order valence-corrected chi connectivity index (χ1v) is 46.2. The fraction of sp³-hybridized carbons (Fsp3) is 0.286. The van der Waals surface area contributed by atoms with Gasteiger partial charge in [-0.3, -0.25) is 38.4 Å². The molecule has 8 amide bonds. The Morgan fingerprint density at radius 1 is 0.184 bits per heavy atom. The van der Waals surface area contributed by atoms with Crippen LogP contribution >= 0.6 is 0 Å². The zero-order valence-corrected chi connectivity index (χ0v) is 78.8. The number of fused-ring (bicyclic) bond motifs is 8. The highest BCUT2D eigenvalue weighted by molar-refractivity contribution is 5.83. The van der Waals surface area contributed by atoms with Crippen molar-refractivity contribution in [3.63, 3.8) is 0 Å². The maximum absolute atomic E-state index is 14.7. The van der Waals surface area contributed by atoms with Crippen LogP contribution in [0.15, 0.2) is 291 Å². The molecule has 8 atom stereocenters. The Morgan fingerprint density at radius 2 is 0.287 bits per heavy atom. The molecule has 0 aliphatic heterocycles. The summed E-state index contributed by atoms with van der Waals surface area (Å²) >= 11 is 0. The molecule has 12 aromatic rings. The van der Waals surface area contributed by atoms with Crippen LogP contribution in [0.3, 0.4) is 0 Å². The Labute approximate surface area is 795 Å². The fourth-order valence-corrected chi connectivity index (χ4v) is 16.8. The normalized spacial score (nSPS) is 15.4. The van der Waals surface area contributed by atoms with Gasteiger partial charge in [0.25, 0.3) is 47.3 Å². The zero-order valence-electron chi connectivity index (χ0n) is 78.8. The van der Waals surface area contributed by atoms with Crippen molar-refractivity contribution in [1.29, 1.82) is 0 Å². The lowest BCUT2D eigenvalue weighted by Gasteiger charge is -2.30. The number of rotatable bonds is 40. The lowest BCUT2D eigenvalue weighted by molar-refractivity contribution is -0.124. The van der Waals surface area contributed by atoms with Crippen molar-refractivity contribution in [2.75, 3.05) is 52.9 Å². The van der Waals surface area contributed by atoms with Gasteiger partial charge in [0.2, 0.25) is 0 Å². The summed E-state index contributed by atoms with van der Waals surface area (Å²) in [6, 6.07) is 86.0. The highest BCUT2D eigenvalue weighted by atomic mass is 16.5. The smallest absolute Gasteiger partial charge is 0.258 e. The largest absolute Gasteiger partial charge is 0.483 e. The van der Waals surface area contributed by atoms with Gasteiger partial charge in [-0.2, -0.15) is 0 Å². The quantitative estimate of drug-likeness (QED) is 0.0177. The molecule has 24 heteroatoms. The topological polar surface area (TPSA) is 307 Å². The van der Waals surface area contributed by atoms with Gasteiger partial charge >= 0.3 is 0 Å². The molecule has 12 aromatic carbocycles. The molecule has 0 aromatic heterocycles. The van der Waals surface area contributed by atoms with Crippen LogP contribution in [0.5, 0.6) is 46.0 Å². The molecule has 8 unspecified atom stereocenters. The molecule has 8 bridgehead atoms. The number of carbonyl (C=O) groups excluding carboxylic acids is 8. The predicted octanol–water partition coefficient (Wildman–Crippen LogP) is 18.7. The molecule has 0 saturated carbocycles. The van der Waals surface area contributed by atoms with E-state index in [1.165, 1.54) is 0 Å². The van der Waals surface area contributed by atoms with E-state index in [4.69, 9.17) is 37.9 Å². The summed E-state index contributed by atoms with van der Waals surface area (Å²) < 4.78 is 55.5. The van der Waals surface area contributed by atoms with Crippen molar-refractivity contribution in [3.05, 3.63) is 380 Å². The van der Waals surface area contributed by atoms with E-state index in [1.807, 2.05) is 350 Å². The highest BCUT2D eigenvalue weighted by Gasteiger charge is 2.35. The van der Waals surface area contributed by atoms with Crippen molar-refractivity contribution in [3.8, 4) is 46.0 Å². The van der Waals surface area contributed by atoms with Gasteiger partial charge in [-0.05, 0) is 124 Å². The van der Waals surface area contributed by atoms with Crippen molar-refractivity contribution < 1.29 is 76.3 Å². The van der Waals surface area contributed by atoms with Gasteiger partial charge in [-0.25, -0.2) is 0 Å². The van der Waals surface area contributed by atoms with Gasteiger partial charge in [0.15, 0.2) is 52.9 Å². The van der Waals surface area contributed by atoms with Crippen molar-refractivity contribution in [2.45, 2.75) is 155 Å². The molecule has 0 radical (unpaired) electrons. The summed E-state index contributed by atoms with van der Waals surface area (Å²) in [5, 5.41) is 24.8. The Bertz CT molecular complexity index is 4980. The third kappa shape index (κ3) is 26.6. The number of benzene rings is 12. The molecular formula is C112H120N8O16. The van der Waals surface area contributed by atoms with Crippen LogP contribution in [0.1, 0.15) is 244 Å². The highest BCUT2D eigenvalue weighted by Crippen LogP contribution is 2.52. The van der Waals surface area contributed by atoms with Crippen molar-refractivity contribution >= 4 is 47.3 Å². The minimum atomic E-state index is -0.943. The maximum Gasteiger partial charge on any atom is 0.258 e. The van der Waals surface area contributed by atoms with E-state index in [-0.39, 0.29) is 46.0 Å². The fourth-order valence-electron chi connectivity index (χ4n) is 16.8. The van der Waals surface area contributed by atoms with E-state index >= 15 is 0 Å². The van der Waals surface area contributed by atoms with Gasteiger partial charge in [0.1, 0.15) is 46.0 Å². The van der Waals surface area contributed by atoms with E-state index in [0.29, 0.717) is 44.5 Å². The molecule has 1 aliphatic carbocycles. The number of hydrogen-bond acceptors (Lipinski definition) is 16. The lowest BCUT2D eigenvalue weighted by atomic mass is 9.80. The molecule has 0 spiro atoms. The van der Waals surface area contributed by atoms with Crippen LogP contribution in [0, 0.1) is 0 Å². The summed E-state index contributed by atoms with van der Waals surface area (Å²) in [6.45, 7) is 18.1. The first-order chi connectivity index (χ1) is 65.7. The van der Waals surface area contributed by atoms with Crippen molar-refractivity contribution in [2.24, 2.45) is 0 Å². The van der Waals surface area contributed by atoms with Crippen LogP contribution in [-0.4, -0.2) is 100 Å². The average molecular weight is 1830 g/mol. The number of nitrogens with one attached hydrogen (secondary N) is 8. The number of carbonyl (C=O) groups is 8. The molecule has 136 heavy (non-hydrogen) atoms. The molecule has 704 valence electrons. The third-order valence-electron chi connectivity index (χ3n) is 24.6. The number of hydrogen-bond donors (Lipinski definition) is 8. The molecule has 1 aliphatic rings. The standard InChI is InChI=1S/C112H120N8O16/c1-69-89-53-91(99(131-63-107(123)115-75(7)83-41-25-15-26-42-83)57-97(89)129-61-105(121)113-73(5)81-37-21-13-22-38-81)70(2)93-55-95(103(135-67-111(127)119-79(11)87-49-33-19-34-50-87)59-101(93)133-65-109(125)117-77(9)85-45-29-17-30-46-85)72(4)96-56-94(102(134-66-110(126)118-78(10)86-47-31-18-32-48-86)60-104(96)136-68-112(128)120-80(12)88-51-35-20-36-52-88)71(3)92-54-90(69)98(130-62-106(122)114-74(6)82-39-23-14-24-40-82)58-100(92)132-64-108(124)116-76(8)84-43-27-16-28-44-84/h13-60,69-80H,61-68H2,1-12H3,(H,113,121)(H,114,122)(H,115,123)(H,116,124)(H,117,125)(H,118,126)(H,119,127)(H,120,128). The number of amides is 8. The lowest BCUT2D eigenvalue weighted by Crippen LogP contribution is -2.32. The summed E-state index contributed by atoms with van der Waals surface area (Å²) in [7, 11) is 0. The van der Waals surface area contributed by atoms with Gasteiger partial charge in [0.05, 0.1) is 48.3 Å². The second-order valence-corrected chi connectivity index (χ2v) is 34.5. The van der Waals surface area contributed by atoms with Crippen LogP contribution in [0.4, 0.5) is 0 Å². The summed E-state index contributed by atoms with van der Waals surface area (Å²) in [5.41, 5.74) is 9.97. The summed E-state index contributed by atoms with van der Waals surface area (Å²) in [5.74, 6) is -6.85. The van der Waals surface area contributed by atoms with E-state index in [2.05, 4.69) is 42.5 Å². The van der Waals surface area contributed by atoms with E-state index in [1.54, 1.807) is 24.3 Å². The molecule has 24 nitrogen and oxygen atoms in total. The van der Waals surface area contributed by atoms with E-state index < -0.39 is 172 Å². The Balaban J connectivity index is 1.07. The maximum atomic E-state index is 14.7. The monoisotopic (exact) mass is 1830 g/mol. The van der Waals surface area contributed by atoms with E-state index in [9.17, 15) is 38.4 Å². The van der Waals surface area contributed by atoms with Gasteiger partial charge < -0.3 is 80.4 Å². The Hall–Kier alpha value is -15.2. The van der Waals surface area contributed by atoms with Gasteiger partial charge in [-0.15, -0.1) is 0 Å². The first kappa shape index (κ1) is 98.3. The molecule has 13 rings (SSSR count). The second-order valence-electron chi connectivity index (χ2n) is 34.5. The molecule has 0 heterocycles. The molecule has 8 N–H and O–H groups in total. The van der Waals surface area contributed by atoms with Gasteiger partial charge in [-0.1, -0.05) is 270 Å². The molecule has 0 saturated heterocycles. The summed E-state index contributed by atoms with van der Waals surface area (Å²) in [6.07, 6.45) is 0. The van der Waals surface area contributed by atoms with Crippen LogP contribution in [-0.2, 0) is 38.4 Å². The summed E-state index contributed by atoms with van der Waals surface area (Å²) in [4.78, 5) is 118. The Morgan fingerprint density at radius 3 is 0.390 bits per heavy atom. The first-order valence-electron chi connectivity index (χ1n) is 46.2. The number of ether oxygens (including phenoxy) is 8. The van der Waals surface area contributed by atoms with E-state index in [0.717, 1.165) is 44.5 Å². The minimum Gasteiger partial charge on any atom is -0.483 e. The Kier molecular flexibility index (Phi) is 34.3. The third-order valence-corrected chi connectivity index (χ3v) is 24.6. The zero-order chi connectivity index (χ0) is 96.3. The SMILES string of the molecule is CC(NC(=O)COc1cc(OCC(=O)NC(C)c2ccccc2)c2cc1C(C)c1cc(c(OCC(=O)NC(C)c3ccccc3)cc1OCC(=O)NC(C)c1ccccc1)C(C)c1cc(c(OCC(=O)NC(C)c3ccccc3)cc1OCC(=O)NC(C)c1ccccc1)C(C)c1cc(c(OCC(=O)NC(C)c3ccccc3)cc1OCC(=O)NC(C)c1ccccc1)C2C)c1ccccc1. The second kappa shape index (κ2) is 47.4. The predicted molar refractivity (Wildman–Crippen MR) is 524 cm³/mol. The average Bonchev–Trinajstić information content (AvgIpc) is 0.749. The van der Waals surface area contributed by atoms with Gasteiger partial charge in [0, 0.05) is 92.4 Å². The van der Waals surface area contributed by atoms with Crippen LogP contribution in [0.2, 0.25) is 0 Å². The molecule has 0 fully saturated rings.